The summed E-state index contributed by atoms with van der Waals surface area (Å²) >= 11 is 1.62. The Morgan fingerprint density at radius 3 is 2.80 bits per heavy atom. The number of rotatable bonds is 3. The average molecular weight is 287 g/mol. The van der Waals surface area contributed by atoms with Crippen LogP contribution in [0.25, 0.3) is 10.1 Å². The number of furan rings is 1. The molecule has 1 amide bonds. The van der Waals surface area contributed by atoms with E-state index in [0.29, 0.717) is 5.69 Å². The minimum Gasteiger partial charge on any atom is -0.478 e. The van der Waals surface area contributed by atoms with Crippen molar-refractivity contribution in [3.05, 3.63) is 53.3 Å². The maximum atomic E-state index is 11.9. The summed E-state index contributed by atoms with van der Waals surface area (Å²) in [6.45, 7) is 0. The molecule has 0 fully saturated rings. The van der Waals surface area contributed by atoms with Gasteiger partial charge >= 0.3 is 5.97 Å². The highest BCUT2D eigenvalue weighted by Crippen LogP contribution is 2.24. The smallest absolute Gasteiger partial charge is 0.338 e. The third-order valence-corrected chi connectivity index (χ3v) is 3.68. The summed E-state index contributed by atoms with van der Waals surface area (Å²) in [7, 11) is 0. The Labute approximate surface area is 117 Å². The van der Waals surface area contributed by atoms with Crippen molar-refractivity contribution in [2.75, 3.05) is 5.32 Å². The van der Waals surface area contributed by atoms with Crippen molar-refractivity contribution in [3.8, 4) is 0 Å². The number of carboxylic acids is 1. The van der Waals surface area contributed by atoms with Crippen LogP contribution >= 0.6 is 11.3 Å². The van der Waals surface area contributed by atoms with E-state index in [1.807, 2.05) is 23.6 Å². The molecule has 0 aliphatic heterocycles. The van der Waals surface area contributed by atoms with E-state index in [9.17, 15) is 9.59 Å². The molecule has 3 aromatic rings. The van der Waals surface area contributed by atoms with Crippen molar-refractivity contribution >= 4 is 39.0 Å². The number of hydrogen-bond acceptors (Lipinski definition) is 4. The van der Waals surface area contributed by atoms with Gasteiger partial charge in [-0.1, -0.05) is 0 Å². The first kappa shape index (κ1) is 12.4. The largest absolute Gasteiger partial charge is 0.478 e. The second-order valence-corrected chi connectivity index (χ2v) is 5.08. The van der Waals surface area contributed by atoms with Gasteiger partial charge in [0.2, 0.25) is 0 Å². The van der Waals surface area contributed by atoms with E-state index < -0.39 is 11.9 Å². The van der Waals surface area contributed by atoms with Gasteiger partial charge in [-0.05, 0) is 35.0 Å². The lowest BCUT2D eigenvalue weighted by Crippen LogP contribution is -2.10. The predicted octanol–water partition coefficient (Wildman–Crippen LogP) is 3.44. The number of carbonyl (C=O) groups excluding carboxylic acids is 1. The van der Waals surface area contributed by atoms with Gasteiger partial charge in [-0.2, -0.15) is 0 Å². The first-order valence-corrected chi connectivity index (χ1v) is 6.62. The molecule has 0 atom stereocenters. The van der Waals surface area contributed by atoms with Crippen LogP contribution < -0.4 is 5.32 Å². The monoisotopic (exact) mass is 287 g/mol. The molecule has 2 aromatic heterocycles. The molecular formula is C14H9NO4S. The Bertz CT molecular complexity index is 802. The van der Waals surface area contributed by atoms with Gasteiger partial charge in [-0.25, -0.2) is 4.79 Å². The molecule has 0 radical (unpaired) electrons. The number of amides is 1. The van der Waals surface area contributed by atoms with E-state index in [0.717, 1.165) is 16.3 Å². The van der Waals surface area contributed by atoms with Gasteiger partial charge in [0.15, 0.2) is 5.76 Å². The quantitative estimate of drug-likeness (QED) is 0.773. The van der Waals surface area contributed by atoms with E-state index in [4.69, 9.17) is 9.52 Å². The highest BCUT2D eigenvalue weighted by atomic mass is 32.1. The Balaban J connectivity index is 1.82. The van der Waals surface area contributed by atoms with Crippen molar-refractivity contribution in [1.29, 1.82) is 0 Å². The van der Waals surface area contributed by atoms with Crippen molar-refractivity contribution in [2.24, 2.45) is 0 Å². The molecule has 0 aliphatic rings. The summed E-state index contributed by atoms with van der Waals surface area (Å²) in [5, 5.41) is 14.5. The first-order chi connectivity index (χ1) is 9.63. The number of benzene rings is 1. The van der Waals surface area contributed by atoms with Crippen molar-refractivity contribution in [3.63, 3.8) is 0 Å². The van der Waals surface area contributed by atoms with Crippen LogP contribution in [0, 0.1) is 0 Å². The van der Waals surface area contributed by atoms with Gasteiger partial charge in [0.05, 0.1) is 5.56 Å². The number of fused-ring (bicyclic) bond motifs is 1. The maximum absolute atomic E-state index is 11.9. The normalized spacial score (nSPS) is 10.6. The molecule has 2 N–H and O–H groups in total. The van der Waals surface area contributed by atoms with Crippen LogP contribution in [0.5, 0.6) is 0 Å². The molecule has 0 spiro atoms. The predicted molar refractivity (Wildman–Crippen MR) is 75.4 cm³/mol. The number of aromatic carboxylic acids is 1. The average Bonchev–Trinajstić information content (AvgIpc) is 3.07. The van der Waals surface area contributed by atoms with Crippen LogP contribution in [-0.4, -0.2) is 17.0 Å². The number of carbonyl (C=O) groups is 2. The van der Waals surface area contributed by atoms with E-state index >= 15 is 0 Å². The molecule has 0 aliphatic carbocycles. The zero-order valence-corrected chi connectivity index (χ0v) is 10.9. The van der Waals surface area contributed by atoms with Gasteiger partial charge in [0.1, 0.15) is 6.26 Å². The highest BCUT2D eigenvalue weighted by molar-refractivity contribution is 7.17. The van der Waals surface area contributed by atoms with Crippen molar-refractivity contribution in [1.82, 2.24) is 0 Å². The molecular weight excluding hydrogens is 278 g/mol. The van der Waals surface area contributed by atoms with E-state index in [1.54, 1.807) is 17.4 Å². The van der Waals surface area contributed by atoms with Crippen LogP contribution in [-0.2, 0) is 0 Å². The molecule has 0 bridgehead atoms. The Morgan fingerprint density at radius 2 is 2.05 bits per heavy atom. The zero-order valence-electron chi connectivity index (χ0n) is 10.1. The fourth-order valence-corrected chi connectivity index (χ4v) is 2.58. The van der Waals surface area contributed by atoms with E-state index in [2.05, 4.69) is 5.32 Å². The van der Waals surface area contributed by atoms with Crippen LogP contribution in [0.2, 0.25) is 0 Å². The summed E-state index contributed by atoms with van der Waals surface area (Å²) in [6.07, 6.45) is 1.04. The second-order valence-electron chi connectivity index (χ2n) is 4.13. The molecule has 100 valence electrons. The molecule has 2 heterocycles. The fraction of sp³-hybridized carbons (Fsp3) is 0. The SMILES string of the molecule is O=C(O)c1coc(C(=O)Nc2ccc3sccc3c2)c1. The lowest BCUT2D eigenvalue weighted by Gasteiger charge is -2.02. The highest BCUT2D eigenvalue weighted by Gasteiger charge is 2.14. The summed E-state index contributed by atoms with van der Waals surface area (Å²) in [5.74, 6) is -1.65. The number of carboxylic acid groups (broad SMARTS) is 1. The molecule has 6 heteroatoms. The number of thiophene rings is 1. The maximum Gasteiger partial charge on any atom is 0.338 e. The van der Waals surface area contributed by atoms with Crippen LogP contribution in [0.4, 0.5) is 5.69 Å². The fourth-order valence-electron chi connectivity index (χ4n) is 1.80. The van der Waals surface area contributed by atoms with Crippen molar-refractivity contribution < 1.29 is 19.1 Å². The summed E-state index contributed by atoms with van der Waals surface area (Å²) in [4.78, 5) is 22.7. The molecule has 0 saturated carbocycles. The molecule has 5 nitrogen and oxygen atoms in total. The summed E-state index contributed by atoms with van der Waals surface area (Å²) < 4.78 is 6.08. The van der Waals surface area contributed by atoms with Gasteiger partial charge < -0.3 is 14.8 Å². The molecule has 1 aromatic carbocycles. The molecule has 0 saturated heterocycles. The molecule has 3 rings (SSSR count). The number of anilines is 1. The Hall–Kier alpha value is -2.60. The minimum atomic E-state index is -1.13. The summed E-state index contributed by atoms with van der Waals surface area (Å²) in [6, 6.07) is 8.72. The lowest BCUT2D eigenvalue weighted by molar-refractivity contribution is 0.0696. The van der Waals surface area contributed by atoms with E-state index in [1.165, 1.54) is 6.07 Å². The van der Waals surface area contributed by atoms with Crippen molar-refractivity contribution in [2.45, 2.75) is 0 Å². The topological polar surface area (TPSA) is 79.5 Å². The Kier molecular flexibility index (Phi) is 3.00. The third kappa shape index (κ3) is 2.28. The Morgan fingerprint density at radius 1 is 1.20 bits per heavy atom. The first-order valence-electron chi connectivity index (χ1n) is 5.74. The second kappa shape index (κ2) is 4.82. The lowest BCUT2D eigenvalue weighted by atomic mass is 10.2. The number of hydrogen-bond donors (Lipinski definition) is 2. The third-order valence-electron chi connectivity index (χ3n) is 2.78. The molecule has 0 unspecified atom stereocenters. The minimum absolute atomic E-state index is 0.0344. The van der Waals surface area contributed by atoms with Crippen LogP contribution in [0.15, 0.2) is 46.4 Å². The molecule has 20 heavy (non-hydrogen) atoms. The summed E-state index contributed by atoms with van der Waals surface area (Å²) in [5.41, 5.74) is 0.581. The number of nitrogens with one attached hydrogen (secondary N) is 1. The van der Waals surface area contributed by atoms with Crippen LogP contribution in [0.3, 0.4) is 0 Å². The standard InChI is InChI=1S/C14H9NO4S/c16-13(11-6-9(7-19-11)14(17)18)15-10-1-2-12-8(5-10)3-4-20-12/h1-7H,(H,15,16)(H,17,18). The van der Waals surface area contributed by atoms with E-state index in [-0.39, 0.29) is 11.3 Å². The van der Waals surface area contributed by atoms with Gasteiger partial charge in [0, 0.05) is 16.5 Å². The van der Waals surface area contributed by atoms with Gasteiger partial charge in [-0.3, -0.25) is 4.79 Å². The zero-order chi connectivity index (χ0) is 14.1. The van der Waals surface area contributed by atoms with Gasteiger partial charge in [-0.15, -0.1) is 11.3 Å². The van der Waals surface area contributed by atoms with Crippen LogP contribution in [0.1, 0.15) is 20.9 Å². The van der Waals surface area contributed by atoms with Gasteiger partial charge in [0.25, 0.3) is 5.91 Å².